The van der Waals surface area contributed by atoms with Gasteiger partial charge in [-0.1, -0.05) is 31.5 Å². The first kappa shape index (κ1) is 12.7. The van der Waals surface area contributed by atoms with Gasteiger partial charge in [0.2, 0.25) is 0 Å². The Hall–Kier alpha value is -1.35. The van der Waals surface area contributed by atoms with Crippen LogP contribution in [0.2, 0.25) is 0 Å². The molecule has 0 aliphatic carbocycles. The molecule has 1 rings (SSSR count). The molecule has 0 spiro atoms. The van der Waals surface area contributed by atoms with Crippen LogP contribution in [0.5, 0.6) is 0 Å². The topological polar surface area (TPSA) is 49.3 Å². The van der Waals surface area contributed by atoms with Crippen molar-refractivity contribution in [3.63, 3.8) is 0 Å². The largest absolute Gasteiger partial charge is 0.478 e. The van der Waals surface area contributed by atoms with E-state index in [2.05, 4.69) is 19.2 Å². The van der Waals surface area contributed by atoms with E-state index in [1.807, 2.05) is 12.1 Å². The van der Waals surface area contributed by atoms with Crippen molar-refractivity contribution in [2.24, 2.45) is 0 Å². The highest BCUT2D eigenvalue weighted by atomic mass is 16.4. The molecule has 0 fully saturated rings. The van der Waals surface area contributed by atoms with Crippen LogP contribution >= 0.6 is 0 Å². The van der Waals surface area contributed by atoms with E-state index in [1.165, 1.54) is 0 Å². The van der Waals surface area contributed by atoms with Crippen LogP contribution in [0.1, 0.15) is 42.6 Å². The van der Waals surface area contributed by atoms with Gasteiger partial charge in [-0.25, -0.2) is 4.79 Å². The van der Waals surface area contributed by atoms with E-state index in [1.54, 1.807) is 12.1 Å². The standard InChI is InChI=1S/C13H19NO2/c1-3-6-10(2)14-9-11-7-4-5-8-12(11)13(15)16/h4-5,7-8,10,14H,3,6,9H2,1-2H3,(H,15,16). The third kappa shape index (κ3) is 3.66. The molecule has 0 saturated heterocycles. The summed E-state index contributed by atoms with van der Waals surface area (Å²) in [6.07, 6.45) is 2.24. The Bertz CT molecular complexity index is 350. The molecule has 3 heteroatoms. The van der Waals surface area contributed by atoms with Crippen molar-refractivity contribution < 1.29 is 9.90 Å². The van der Waals surface area contributed by atoms with Crippen LogP contribution < -0.4 is 5.32 Å². The van der Waals surface area contributed by atoms with E-state index in [-0.39, 0.29) is 0 Å². The van der Waals surface area contributed by atoms with E-state index in [0.717, 1.165) is 18.4 Å². The molecule has 88 valence electrons. The molecule has 1 atom stereocenters. The first-order chi connectivity index (χ1) is 7.65. The third-order valence-corrected chi connectivity index (χ3v) is 2.61. The maximum Gasteiger partial charge on any atom is 0.336 e. The van der Waals surface area contributed by atoms with Crippen LogP contribution in [-0.4, -0.2) is 17.1 Å². The molecule has 0 saturated carbocycles. The minimum absolute atomic E-state index is 0.388. The molecule has 0 radical (unpaired) electrons. The Kier molecular flexibility index (Phi) is 4.99. The summed E-state index contributed by atoms with van der Waals surface area (Å²) in [5.41, 5.74) is 1.23. The quantitative estimate of drug-likeness (QED) is 0.776. The first-order valence-electron chi connectivity index (χ1n) is 5.69. The van der Waals surface area contributed by atoms with Crippen molar-refractivity contribution in [2.75, 3.05) is 0 Å². The lowest BCUT2D eigenvalue weighted by Gasteiger charge is -2.13. The van der Waals surface area contributed by atoms with E-state index in [4.69, 9.17) is 5.11 Å². The summed E-state index contributed by atoms with van der Waals surface area (Å²) in [6.45, 7) is 4.87. The SMILES string of the molecule is CCCC(C)NCc1ccccc1C(=O)O. The highest BCUT2D eigenvalue weighted by molar-refractivity contribution is 5.89. The molecule has 0 heterocycles. The number of carboxylic acid groups (broad SMARTS) is 1. The highest BCUT2D eigenvalue weighted by Gasteiger charge is 2.09. The van der Waals surface area contributed by atoms with E-state index < -0.39 is 5.97 Å². The molecule has 3 nitrogen and oxygen atoms in total. The van der Waals surface area contributed by atoms with Gasteiger partial charge >= 0.3 is 5.97 Å². The van der Waals surface area contributed by atoms with Gasteiger partial charge in [0.25, 0.3) is 0 Å². The average Bonchev–Trinajstić information content (AvgIpc) is 2.27. The maximum atomic E-state index is 11.0. The van der Waals surface area contributed by atoms with E-state index >= 15 is 0 Å². The van der Waals surface area contributed by atoms with Gasteiger partial charge in [0.05, 0.1) is 5.56 Å². The predicted octanol–water partition coefficient (Wildman–Crippen LogP) is 2.66. The molecule has 0 bridgehead atoms. The second kappa shape index (κ2) is 6.28. The van der Waals surface area contributed by atoms with Crippen LogP contribution in [0.4, 0.5) is 0 Å². The zero-order chi connectivity index (χ0) is 12.0. The molecule has 1 aromatic carbocycles. The van der Waals surface area contributed by atoms with Crippen molar-refractivity contribution >= 4 is 5.97 Å². The summed E-state index contributed by atoms with van der Waals surface area (Å²) in [4.78, 5) is 11.0. The molecule has 2 N–H and O–H groups in total. The fourth-order valence-corrected chi connectivity index (χ4v) is 1.70. The third-order valence-electron chi connectivity index (χ3n) is 2.61. The molecule has 16 heavy (non-hydrogen) atoms. The monoisotopic (exact) mass is 221 g/mol. The van der Waals surface area contributed by atoms with Crippen LogP contribution in [0, 0.1) is 0 Å². The van der Waals surface area contributed by atoms with Gasteiger partial charge in [-0.05, 0) is 25.0 Å². The van der Waals surface area contributed by atoms with Gasteiger partial charge in [-0.3, -0.25) is 0 Å². The Balaban J connectivity index is 2.63. The summed E-state index contributed by atoms with van der Waals surface area (Å²) < 4.78 is 0. The Morgan fingerprint density at radius 2 is 2.12 bits per heavy atom. The van der Waals surface area contributed by atoms with Crippen molar-refractivity contribution in [1.82, 2.24) is 5.32 Å². The fraction of sp³-hybridized carbons (Fsp3) is 0.462. The normalized spacial score (nSPS) is 12.4. The number of benzene rings is 1. The van der Waals surface area contributed by atoms with Crippen LogP contribution in [-0.2, 0) is 6.54 Å². The van der Waals surface area contributed by atoms with Crippen molar-refractivity contribution in [3.05, 3.63) is 35.4 Å². The summed E-state index contributed by atoms with van der Waals surface area (Å²) in [5, 5.41) is 12.3. The molecule has 0 aromatic heterocycles. The van der Waals surface area contributed by atoms with Crippen LogP contribution in [0.25, 0.3) is 0 Å². The van der Waals surface area contributed by atoms with Crippen molar-refractivity contribution in [3.8, 4) is 0 Å². The van der Waals surface area contributed by atoms with E-state index in [0.29, 0.717) is 18.2 Å². The lowest BCUT2D eigenvalue weighted by molar-refractivity contribution is 0.0695. The van der Waals surface area contributed by atoms with Crippen molar-refractivity contribution in [2.45, 2.75) is 39.3 Å². The molecule has 1 aromatic rings. The second-order valence-electron chi connectivity index (χ2n) is 4.03. The molecule has 0 aliphatic rings. The Morgan fingerprint density at radius 1 is 1.44 bits per heavy atom. The van der Waals surface area contributed by atoms with Crippen molar-refractivity contribution in [1.29, 1.82) is 0 Å². The molecular formula is C13H19NO2. The van der Waals surface area contributed by atoms with E-state index in [9.17, 15) is 4.79 Å². The number of rotatable bonds is 6. The molecule has 1 unspecified atom stereocenters. The van der Waals surface area contributed by atoms with Gasteiger partial charge in [0.15, 0.2) is 0 Å². The van der Waals surface area contributed by atoms with Gasteiger partial charge < -0.3 is 10.4 Å². The van der Waals surface area contributed by atoms with Crippen LogP contribution in [0.15, 0.2) is 24.3 Å². The lowest BCUT2D eigenvalue weighted by Crippen LogP contribution is -2.26. The number of carbonyl (C=O) groups is 1. The van der Waals surface area contributed by atoms with Gasteiger partial charge in [-0.2, -0.15) is 0 Å². The minimum atomic E-state index is -0.861. The maximum absolute atomic E-state index is 11.0. The number of hydrogen-bond donors (Lipinski definition) is 2. The number of carboxylic acids is 1. The highest BCUT2D eigenvalue weighted by Crippen LogP contribution is 2.09. The van der Waals surface area contributed by atoms with Gasteiger partial charge in [-0.15, -0.1) is 0 Å². The number of hydrogen-bond acceptors (Lipinski definition) is 2. The first-order valence-corrected chi connectivity index (χ1v) is 5.69. The Morgan fingerprint density at radius 3 is 2.75 bits per heavy atom. The zero-order valence-electron chi connectivity index (χ0n) is 9.86. The van der Waals surface area contributed by atoms with Gasteiger partial charge in [0.1, 0.15) is 0 Å². The smallest absolute Gasteiger partial charge is 0.336 e. The number of nitrogens with one attached hydrogen (secondary N) is 1. The predicted molar refractivity (Wildman–Crippen MR) is 64.6 cm³/mol. The minimum Gasteiger partial charge on any atom is -0.478 e. The summed E-state index contributed by atoms with van der Waals surface area (Å²) in [5.74, 6) is -0.861. The summed E-state index contributed by atoms with van der Waals surface area (Å²) in [6, 6.07) is 7.54. The number of aromatic carboxylic acids is 1. The summed E-state index contributed by atoms with van der Waals surface area (Å²) >= 11 is 0. The average molecular weight is 221 g/mol. The second-order valence-corrected chi connectivity index (χ2v) is 4.03. The van der Waals surface area contributed by atoms with Gasteiger partial charge in [0, 0.05) is 12.6 Å². The molecule has 0 aliphatic heterocycles. The fourth-order valence-electron chi connectivity index (χ4n) is 1.70. The van der Waals surface area contributed by atoms with Crippen LogP contribution in [0.3, 0.4) is 0 Å². The summed E-state index contributed by atoms with van der Waals surface area (Å²) in [7, 11) is 0. The zero-order valence-corrected chi connectivity index (χ0v) is 9.86. The molecule has 0 amide bonds. The Labute approximate surface area is 96.5 Å². The molecular weight excluding hydrogens is 202 g/mol. The lowest BCUT2D eigenvalue weighted by atomic mass is 10.1.